The summed E-state index contributed by atoms with van der Waals surface area (Å²) in [6.45, 7) is 11.9. The lowest BCUT2D eigenvalue weighted by Gasteiger charge is -2.26. The molecule has 3 nitrogen and oxygen atoms in total. The molecule has 0 amide bonds. The third-order valence-electron chi connectivity index (χ3n) is 5.57. The van der Waals surface area contributed by atoms with E-state index in [4.69, 9.17) is 9.47 Å². The molecule has 1 aliphatic carbocycles. The zero-order valence-corrected chi connectivity index (χ0v) is 17.3. The molecule has 0 radical (unpaired) electrons. The van der Waals surface area contributed by atoms with Gasteiger partial charge in [0.15, 0.2) is 0 Å². The Bertz CT molecular complexity index is 839. The van der Waals surface area contributed by atoms with Gasteiger partial charge in [0.2, 0.25) is 0 Å². The summed E-state index contributed by atoms with van der Waals surface area (Å²) in [5.74, 6) is 0.681. The van der Waals surface area contributed by atoms with Crippen molar-refractivity contribution in [2.75, 3.05) is 7.11 Å². The van der Waals surface area contributed by atoms with Crippen LogP contribution in [0, 0.1) is 0 Å². The highest BCUT2D eigenvalue weighted by Crippen LogP contribution is 2.45. The molecule has 0 atom stereocenters. The van der Waals surface area contributed by atoms with E-state index >= 15 is 0 Å². The van der Waals surface area contributed by atoms with Crippen molar-refractivity contribution in [2.24, 2.45) is 0 Å². The lowest BCUT2D eigenvalue weighted by Crippen LogP contribution is -2.16. The van der Waals surface area contributed by atoms with Crippen molar-refractivity contribution in [3.05, 3.63) is 64.2 Å². The fraction of sp³-hybridized carbons (Fsp3) is 0.458. The third kappa shape index (κ3) is 4.02. The number of carbonyl (C=O) groups excluding carboxylic acids is 1. The molecular formula is C24H30O3. The first-order chi connectivity index (χ1) is 12.6. The highest BCUT2D eigenvalue weighted by molar-refractivity contribution is 5.89. The fourth-order valence-corrected chi connectivity index (χ4v) is 3.66. The van der Waals surface area contributed by atoms with Crippen LogP contribution in [0.2, 0.25) is 0 Å². The second-order valence-corrected chi connectivity index (χ2v) is 9.11. The Labute approximate surface area is 162 Å². The molecule has 3 heteroatoms. The van der Waals surface area contributed by atoms with Crippen LogP contribution in [-0.2, 0) is 28.6 Å². The van der Waals surface area contributed by atoms with Gasteiger partial charge in [0.25, 0.3) is 0 Å². The molecule has 0 heterocycles. The normalized spacial score (nSPS) is 15.3. The maximum atomic E-state index is 11.6. The second kappa shape index (κ2) is 7.03. The first-order valence-corrected chi connectivity index (χ1v) is 9.60. The summed E-state index contributed by atoms with van der Waals surface area (Å²) < 4.78 is 11.0. The van der Waals surface area contributed by atoms with Gasteiger partial charge in [0.1, 0.15) is 12.4 Å². The molecule has 1 aliphatic rings. The topological polar surface area (TPSA) is 35.5 Å². The first-order valence-electron chi connectivity index (χ1n) is 9.60. The second-order valence-electron chi connectivity index (χ2n) is 9.11. The summed E-state index contributed by atoms with van der Waals surface area (Å²) in [6, 6.07) is 12.0. The Kier molecular flexibility index (Phi) is 5.07. The molecule has 0 N–H and O–H groups in total. The first kappa shape index (κ1) is 19.5. The predicted octanol–water partition coefficient (Wildman–Crippen LogP) is 5.57. The number of ether oxygens (including phenoxy) is 2. The highest BCUT2D eigenvalue weighted by atomic mass is 16.5. The highest BCUT2D eigenvalue weighted by Gasteiger charge is 2.33. The maximum Gasteiger partial charge on any atom is 0.337 e. The van der Waals surface area contributed by atoms with Crippen LogP contribution in [0.4, 0.5) is 0 Å². The smallest absolute Gasteiger partial charge is 0.337 e. The molecule has 0 bridgehead atoms. The van der Waals surface area contributed by atoms with E-state index in [2.05, 4.69) is 46.8 Å². The van der Waals surface area contributed by atoms with Crippen LogP contribution < -0.4 is 4.74 Å². The molecule has 2 aromatic rings. The minimum atomic E-state index is -0.319. The Morgan fingerprint density at radius 1 is 1.11 bits per heavy atom. The standard InChI is InChI=1S/C24H30O3/c1-23(2,3)18-13-20-19(11-12-24(20,4)5)21(14-18)27-15-16-7-9-17(10-8-16)22(25)26-6/h7-10,13-14H,11-12,15H2,1-6H3. The Morgan fingerprint density at radius 3 is 2.37 bits per heavy atom. The van der Waals surface area contributed by atoms with Crippen LogP contribution in [0.3, 0.4) is 0 Å². The molecule has 27 heavy (non-hydrogen) atoms. The van der Waals surface area contributed by atoms with Crippen LogP contribution in [-0.4, -0.2) is 13.1 Å². The van der Waals surface area contributed by atoms with E-state index in [1.807, 2.05) is 12.1 Å². The minimum Gasteiger partial charge on any atom is -0.489 e. The third-order valence-corrected chi connectivity index (χ3v) is 5.57. The summed E-state index contributed by atoms with van der Waals surface area (Å²) >= 11 is 0. The quantitative estimate of drug-likeness (QED) is 0.663. The molecule has 0 unspecified atom stereocenters. The number of carbonyl (C=O) groups is 1. The Balaban J connectivity index is 1.87. The van der Waals surface area contributed by atoms with E-state index in [1.54, 1.807) is 12.1 Å². The predicted molar refractivity (Wildman–Crippen MR) is 109 cm³/mol. The van der Waals surface area contributed by atoms with Gasteiger partial charge in [-0.05, 0) is 64.1 Å². The molecule has 0 saturated carbocycles. The van der Waals surface area contributed by atoms with Crippen molar-refractivity contribution >= 4 is 5.97 Å². The van der Waals surface area contributed by atoms with Gasteiger partial charge in [-0.25, -0.2) is 4.79 Å². The summed E-state index contributed by atoms with van der Waals surface area (Å²) in [6.07, 6.45) is 2.21. The number of methoxy groups -OCH3 is 1. The summed E-state index contributed by atoms with van der Waals surface area (Å²) in [5, 5.41) is 0. The fourth-order valence-electron chi connectivity index (χ4n) is 3.66. The van der Waals surface area contributed by atoms with Crippen LogP contribution in [0.5, 0.6) is 5.75 Å². The summed E-state index contributed by atoms with van der Waals surface area (Å²) in [4.78, 5) is 11.6. The van der Waals surface area contributed by atoms with Crippen LogP contribution >= 0.6 is 0 Å². The lowest BCUT2D eigenvalue weighted by molar-refractivity contribution is 0.0600. The van der Waals surface area contributed by atoms with Crippen molar-refractivity contribution in [1.82, 2.24) is 0 Å². The monoisotopic (exact) mass is 366 g/mol. The van der Waals surface area contributed by atoms with Gasteiger partial charge in [-0.1, -0.05) is 52.8 Å². The van der Waals surface area contributed by atoms with Crippen LogP contribution in [0.25, 0.3) is 0 Å². The SMILES string of the molecule is COC(=O)c1ccc(COc2cc(C(C)(C)C)cc3c2CCC3(C)C)cc1. The van der Waals surface area contributed by atoms with E-state index in [-0.39, 0.29) is 16.8 Å². The van der Waals surface area contributed by atoms with E-state index in [0.717, 1.165) is 24.2 Å². The molecule has 2 aromatic carbocycles. The van der Waals surface area contributed by atoms with Gasteiger partial charge in [0.05, 0.1) is 12.7 Å². The largest absolute Gasteiger partial charge is 0.489 e. The van der Waals surface area contributed by atoms with Gasteiger partial charge in [-0.15, -0.1) is 0 Å². The van der Waals surface area contributed by atoms with Gasteiger partial charge in [-0.2, -0.15) is 0 Å². The average Bonchev–Trinajstić information content (AvgIpc) is 2.94. The van der Waals surface area contributed by atoms with Crippen molar-refractivity contribution in [1.29, 1.82) is 0 Å². The molecule has 0 aliphatic heterocycles. The molecule has 0 aromatic heterocycles. The van der Waals surface area contributed by atoms with Gasteiger partial charge in [0, 0.05) is 0 Å². The number of esters is 1. The minimum absolute atomic E-state index is 0.0774. The summed E-state index contributed by atoms with van der Waals surface area (Å²) in [7, 11) is 1.39. The lowest BCUT2D eigenvalue weighted by atomic mass is 9.80. The van der Waals surface area contributed by atoms with Crippen LogP contribution in [0.1, 0.15) is 73.7 Å². The van der Waals surface area contributed by atoms with Crippen LogP contribution in [0.15, 0.2) is 36.4 Å². The number of hydrogen-bond acceptors (Lipinski definition) is 3. The van der Waals surface area contributed by atoms with Gasteiger partial charge < -0.3 is 9.47 Å². The zero-order valence-electron chi connectivity index (χ0n) is 17.3. The van der Waals surface area contributed by atoms with Crippen molar-refractivity contribution in [3.8, 4) is 5.75 Å². The number of hydrogen-bond donors (Lipinski definition) is 0. The van der Waals surface area contributed by atoms with Crippen molar-refractivity contribution < 1.29 is 14.3 Å². The maximum absolute atomic E-state index is 11.6. The Hall–Kier alpha value is -2.29. The number of benzene rings is 2. The Morgan fingerprint density at radius 2 is 1.78 bits per heavy atom. The van der Waals surface area contributed by atoms with Gasteiger partial charge in [-0.3, -0.25) is 0 Å². The molecule has 0 fully saturated rings. The van der Waals surface area contributed by atoms with E-state index in [9.17, 15) is 4.79 Å². The number of rotatable bonds is 4. The zero-order chi connectivity index (χ0) is 19.8. The molecule has 3 rings (SSSR count). The molecular weight excluding hydrogens is 336 g/mol. The van der Waals surface area contributed by atoms with Gasteiger partial charge >= 0.3 is 5.97 Å². The van der Waals surface area contributed by atoms with E-state index in [0.29, 0.717) is 12.2 Å². The molecule has 0 spiro atoms. The van der Waals surface area contributed by atoms with E-state index in [1.165, 1.54) is 23.8 Å². The number of fused-ring (bicyclic) bond motifs is 1. The van der Waals surface area contributed by atoms with Crippen molar-refractivity contribution in [2.45, 2.75) is 64.9 Å². The van der Waals surface area contributed by atoms with E-state index < -0.39 is 0 Å². The average molecular weight is 367 g/mol. The summed E-state index contributed by atoms with van der Waals surface area (Å²) in [5.41, 5.74) is 5.94. The molecule has 0 saturated heterocycles. The molecule has 144 valence electrons. The van der Waals surface area contributed by atoms with Crippen molar-refractivity contribution in [3.63, 3.8) is 0 Å².